The SMILES string of the molecule is CCCCc1ccc(N(c2ccc(CCCC)cc2)c2ccc(C)nc2)cc1. The number of anilines is 3. The van der Waals surface area contributed by atoms with E-state index < -0.39 is 0 Å². The van der Waals surface area contributed by atoms with Crippen molar-refractivity contribution in [1.29, 1.82) is 0 Å². The molecule has 1 aromatic heterocycles. The first-order chi connectivity index (χ1) is 13.7. The van der Waals surface area contributed by atoms with Crippen molar-refractivity contribution in [2.75, 3.05) is 4.90 Å². The fraction of sp³-hybridized carbons (Fsp3) is 0.346. The molecule has 2 nitrogen and oxygen atoms in total. The average Bonchev–Trinajstić information content (AvgIpc) is 2.74. The first kappa shape index (κ1) is 20.1. The zero-order chi connectivity index (χ0) is 19.8. The highest BCUT2D eigenvalue weighted by Crippen LogP contribution is 2.34. The van der Waals surface area contributed by atoms with Crippen LogP contribution in [0.5, 0.6) is 0 Å². The van der Waals surface area contributed by atoms with Crippen molar-refractivity contribution in [2.45, 2.75) is 59.3 Å². The van der Waals surface area contributed by atoms with Gasteiger partial charge in [-0.2, -0.15) is 0 Å². The molecule has 0 N–H and O–H groups in total. The van der Waals surface area contributed by atoms with E-state index in [4.69, 9.17) is 0 Å². The minimum atomic E-state index is 1.04. The van der Waals surface area contributed by atoms with Crippen molar-refractivity contribution in [3.8, 4) is 0 Å². The number of hydrogen-bond acceptors (Lipinski definition) is 2. The summed E-state index contributed by atoms with van der Waals surface area (Å²) < 4.78 is 0. The highest BCUT2D eigenvalue weighted by molar-refractivity contribution is 5.76. The summed E-state index contributed by atoms with van der Waals surface area (Å²) in [7, 11) is 0. The first-order valence-corrected chi connectivity index (χ1v) is 10.6. The Balaban J connectivity index is 1.92. The van der Waals surface area contributed by atoms with Gasteiger partial charge < -0.3 is 4.90 Å². The summed E-state index contributed by atoms with van der Waals surface area (Å²) in [6.07, 6.45) is 9.20. The van der Waals surface area contributed by atoms with E-state index >= 15 is 0 Å². The Morgan fingerprint density at radius 3 is 1.50 bits per heavy atom. The van der Waals surface area contributed by atoms with Gasteiger partial charge in [-0.05, 0) is 80.1 Å². The zero-order valence-corrected chi connectivity index (χ0v) is 17.5. The Hall–Kier alpha value is -2.61. The molecule has 28 heavy (non-hydrogen) atoms. The molecular formula is C26H32N2. The number of benzene rings is 2. The van der Waals surface area contributed by atoms with Crippen LogP contribution in [0, 0.1) is 6.92 Å². The molecule has 1 heterocycles. The van der Waals surface area contributed by atoms with Crippen LogP contribution < -0.4 is 4.90 Å². The largest absolute Gasteiger partial charge is 0.309 e. The van der Waals surface area contributed by atoms with Crippen LogP contribution in [0.3, 0.4) is 0 Å². The van der Waals surface area contributed by atoms with Crippen LogP contribution in [0.2, 0.25) is 0 Å². The Morgan fingerprint density at radius 2 is 1.11 bits per heavy atom. The van der Waals surface area contributed by atoms with Gasteiger partial charge in [0, 0.05) is 17.1 Å². The van der Waals surface area contributed by atoms with E-state index in [1.807, 2.05) is 13.1 Å². The molecule has 2 aromatic carbocycles. The lowest BCUT2D eigenvalue weighted by Crippen LogP contribution is -2.10. The Labute approximate surface area is 170 Å². The minimum absolute atomic E-state index is 1.04. The molecule has 3 aromatic rings. The first-order valence-electron chi connectivity index (χ1n) is 10.6. The van der Waals surface area contributed by atoms with E-state index in [1.54, 1.807) is 0 Å². The van der Waals surface area contributed by atoms with Gasteiger partial charge in [-0.25, -0.2) is 0 Å². The van der Waals surface area contributed by atoms with Crippen molar-refractivity contribution >= 4 is 17.1 Å². The molecule has 146 valence electrons. The molecule has 0 atom stereocenters. The van der Waals surface area contributed by atoms with Gasteiger partial charge in [0.1, 0.15) is 0 Å². The molecule has 0 aliphatic heterocycles. The average molecular weight is 373 g/mol. The fourth-order valence-corrected chi connectivity index (χ4v) is 3.42. The van der Waals surface area contributed by atoms with E-state index in [9.17, 15) is 0 Å². The smallest absolute Gasteiger partial charge is 0.0645 e. The third-order valence-corrected chi connectivity index (χ3v) is 5.18. The van der Waals surface area contributed by atoms with Gasteiger partial charge in [0.15, 0.2) is 0 Å². The summed E-state index contributed by atoms with van der Waals surface area (Å²) in [6.45, 7) is 6.51. The quantitative estimate of drug-likeness (QED) is 0.385. The van der Waals surface area contributed by atoms with Crippen molar-refractivity contribution in [3.05, 3.63) is 83.7 Å². The van der Waals surface area contributed by atoms with Crippen LogP contribution in [0.4, 0.5) is 17.1 Å². The predicted molar refractivity (Wildman–Crippen MR) is 121 cm³/mol. The van der Waals surface area contributed by atoms with Crippen molar-refractivity contribution in [3.63, 3.8) is 0 Å². The van der Waals surface area contributed by atoms with Crippen LogP contribution in [-0.4, -0.2) is 4.98 Å². The topological polar surface area (TPSA) is 16.1 Å². The maximum absolute atomic E-state index is 4.53. The van der Waals surface area contributed by atoms with Crippen LogP contribution in [0.25, 0.3) is 0 Å². The summed E-state index contributed by atoms with van der Waals surface area (Å²) >= 11 is 0. The summed E-state index contributed by atoms with van der Waals surface area (Å²) in [6, 6.07) is 22.2. The standard InChI is InChI=1S/C26H32N2/c1-4-6-8-22-11-16-24(17-12-22)28(26-15-10-21(3)27-20-26)25-18-13-23(14-19-25)9-7-5-2/h10-20H,4-9H2,1-3H3. The lowest BCUT2D eigenvalue weighted by Gasteiger charge is -2.25. The summed E-state index contributed by atoms with van der Waals surface area (Å²) in [5.41, 5.74) is 7.28. The van der Waals surface area contributed by atoms with E-state index in [0.29, 0.717) is 0 Å². The van der Waals surface area contributed by atoms with Crippen LogP contribution in [0.1, 0.15) is 56.4 Å². The van der Waals surface area contributed by atoms with Crippen molar-refractivity contribution in [1.82, 2.24) is 4.98 Å². The highest BCUT2D eigenvalue weighted by atomic mass is 15.1. The molecule has 3 rings (SSSR count). The third kappa shape index (κ3) is 5.22. The Bertz CT molecular complexity index is 782. The second-order valence-electron chi connectivity index (χ2n) is 7.53. The fourth-order valence-electron chi connectivity index (χ4n) is 3.42. The molecule has 0 amide bonds. The molecule has 0 aliphatic rings. The van der Waals surface area contributed by atoms with E-state index in [0.717, 1.165) is 24.2 Å². The number of aryl methyl sites for hydroxylation is 3. The van der Waals surface area contributed by atoms with Crippen molar-refractivity contribution < 1.29 is 0 Å². The number of unbranched alkanes of at least 4 members (excludes halogenated alkanes) is 2. The van der Waals surface area contributed by atoms with Crippen LogP contribution in [-0.2, 0) is 12.8 Å². The Kier molecular flexibility index (Phi) is 7.25. The molecule has 0 fully saturated rings. The summed E-state index contributed by atoms with van der Waals surface area (Å²) in [5, 5.41) is 0. The molecule has 0 radical (unpaired) electrons. The van der Waals surface area contributed by atoms with Gasteiger partial charge in [-0.3, -0.25) is 4.98 Å². The van der Waals surface area contributed by atoms with Crippen molar-refractivity contribution in [2.24, 2.45) is 0 Å². The van der Waals surface area contributed by atoms with E-state index in [1.165, 1.54) is 48.2 Å². The van der Waals surface area contributed by atoms with E-state index in [2.05, 4.69) is 84.4 Å². The number of nitrogens with zero attached hydrogens (tertiary/aromatic N) is 2. The minimum Gasteiger partial charge on any atom is -0.309 e. The normalized spacial score (nSPS) is 10.8. The maximum Gasteiger partial charge on any atom is 0.0645 e. The molecule has 0 spiro atoms. The molecule has 0 saturated carbocycles. The van der Waals surface area contributed by atoms with Gasteiger partial charge in [-0.15, -0.1) is 0 Å². The van der Waals surface area contributed by atoms with Gasteiger partial charge >= 0.3 is 0 Å². The second kappa shape index (κ2) is 10.1. The lowest BCUT2D eigenvalue weighted by atomic mass is 10.1. The Morgan fingerprint density at radius 1 is 0.643 bits per heavy atom. The van der Waals surface area contributed by atoms with Crippen LogP contribution in [0.15, 0.2) is 66.9 Å². The van der Waals surface area contributed by atoms with Gasteiger partial charge in [0.2, 0.25) is 0 Å². The number of pyridine rings is 1. The van der Waals surface area contributed by atoms with E-state index in [-0.39, 0.29) is 0 Å². The predicted octanol–water partition coefficient (Wildman–Crippen LogP) is 7.55. The molecule has 0 unspecified atom stereocenters. The summed E-state index contributed by atoms with van der Waals surface area (Å²) in [5.74, 6) is 0. The molecule has 0 saturated heterocycles. The lowest BCUT2D eigenvalue weighted by molar-refractivity contribution is 0.795. The maximum atomic E-state index is 4.53. The second-order valence-corrected chi connectivity index (χ2v) is 7.53. The van der Waals surface area contributed by atoms with Gasteiger partial charge in [0.25, 0.3) is 0 Å². The summed E-state index contributed by atoms with van der Waals surface area (Å²) in [4.78, 5) is 6.82. The number of aromatic nitrogens is 1. The molecule has 2 heteroatoms. The molecule has 0 bridgehead atoms. The highest BCUT2D eigenvalue weighted by Gasteiger charge is 2.13. The molecular weight excluding hydrogens is 340 g/mol. The number of rotatable bonds is 9. The van der Waals surface area contributed by atoms with Crippen LogP contribution >= 0.6 is 0 Å². The van der Waals surface area contributed by atoms with Gasteiger partial charge in [0.05, 0.1) is 11.9 Å². The monoisotopic (exact) mass is 372 g/mol. The molecule has 0 aliphatic carbocycles. The zero-order valence-electron chi connectivity index (χ0n) is 17.5. The third-order valence-electron chi connectivity index (χ3n) is 5.18. The number of hydrogen-bond donors (Lipinski definition) is 0. The van der Waals surface area contributed by atoms with Gasteiger partial charge in [-0.1, -0.05) is 51.0 Å².